The predicted octanol–water partition coefficient (Wildman–Crippen LogP) is 5.21. The van der Waals surface area contributed by atoms with Gasteiger partial charge in [-0.15, -0.1) is 0 Å². The van der Waals surface area contributed by atoms with Crippen molar-refractivity contribution in [2.75, 3.05) is 13.2 Å². The summed E-state index contributed by atoms with van der Waals surface area (Å²) < 4.78 is 25.6. The molecule has 2 fully saturated rings. The van der Waals surface area contributed by atoms with Gasteiger partial charge >= 0.3 is 0 Å². The molecule has 35 heavy (non-hydrogen) atoms. The van der Waals surface area contributed by atoms with Gasteiger partial charge in [-0.3, -0.25) is 14.8 Å². The second kappa shape index (κ2) is 8.92. The van der Waals surface area contributed by atoms with Crippen LogP contribution in [-0.2, 0) is 27.7 Å². The number of ketones is 1. The maximum absolute atomic E-state index is 13.4. The fraction of sp³-hybridized carbons (Fsp3) is 0.414. The first-order chi connectivity index (χ1) is 17.1. The van der Waals surface area contributed by atoms with E-state index in [1.165, 1.54) is 35.4 Å². The third kappa shape index (κ3) is 4.09. The van der Waals surface area contributed by atoms with Crippen molar-refractivity contribution in [3.05, 3.63) is 94.8 Å². The number of halogens is 1. The number of aromatic nitrogens is 2. The topological polar surface area (TPSA) is 61.3 Å². The highest BCUT2D eigenvalue weighted by molar-refractivity contribution is 6.07. The molecule has 3 aromatic rings. The number of ether oxygens (including phenoxy) is 2. The lowest BCUT2D eigenvalue weighted by Crippen LogP contribution is -2.49. The summed E-state index contributed by atoms with van der Waals surface area (Å²) in [6.45, 7) is 1.32. The first-order valence-electron chi connectivity index (χ1n) is 12.5. The van der Waals surface area contributed by atoms with Gasteiger partial charge in [-0.05, 0) is 91.6 Å². The van der Waals surface area contributed by atoms with Gasteiger partial charge < -0.3 is 9.47 Å². The summed E-state index contributed by atoms with van der Waals surface area (Å²) in [4.78, 5) is 22.5. The normalized spacial score (nSPS) is 25.0. The molecule has 6 heteroatoms. The molecule has 2 aromatic heterocycles. The predicted molar refractivity (Wildman–Crippen MR) is 129 cm³/mol. The van der Waals surface area contributed by atoms with Gasteiger partial charge in [0.05, 0.1) is 13.2 Å². The standard InChI is InChI=1S/C29H29FN2O3/c30-23-9-7-20(8-10-23)27(33)26-16-21-4-3-5-22-17-29(34-14-15-35-29)12-11-28(22,25(21)19-32-26)18-24-6-1-2-13-31-24/h1-2,6-10,13,16,19,22H,3-5,11-12,14-15,17-18H2/t22-,28+/m1/s1. The minimum absolute atomic E-state index is 0.134. The molecule has 2 aliphatic carbocycles. The lowest BCUT2D eigenvalue weighted by molar-refractivity contribution is -0.199. The van der Waals surface area contributed by atoms with Crippen molar-refractivity contribution >= 4 is 5.78 Å². The Morgan fingerprint density at radius 2 is 1.89 bits per heavy atom. The maximum atomic E-state index is 13.4. The zero-order valence-electron chi connectivity index (χ0n) is 19.7. The van der Waals surface area contributed by atoms with Crippen molar-refractivity contribution in [1.29, 1.82) is 0 Å². The Balaban J connectivity index is 1.41. The molecule has 0 amide bonds. The second-order valence-corrected chi connectivity index (χ2v) is 10.1. The van der Waals surface area contributed by atoms with E-state index in [9.17, 15) is 9.18 Å². The van der Waals surface area contributed by atoms with Crippen LogP contribution in [0.2, 0.25) is 0 Å². The minimum Gasteiger partial charge on any atom is -0.348 e. The number of carbonyl (C=O) groups excluding carboxylic acids is 1. The summed E-state index contributed by atoms with van der Waals surface area (Å²) in [6.07, 6.45) is 10.3. The van der Waals surface area contributed by atoms with Crippen LogP contribution in [-0.4, -0.2) is 34.8 Å². The van der Waals surface area contributed by atoms with E-state index in [0.29, 0.717) is 30.4 Å². The van der Waals surface area contributed by atoms with Crippen molar-refractivity contribution in [3.8, 4) is 0 Å². The Kier molecular flexibility index (Phi) is 5.73. The number of carbonyl (C=O) groups is 1. The molecule has 2 atom stereocenters. The Hall–Kier alpha value is -2.96. The van der Waals surface area contributed by atoms with Gasteiger partial charge in [0, 0.05) is 41.9 Å². The summed E-state index contributed by atoms with van der Waals surface area (Å²) in [5.41, 5.74) is 4.22. The fourth-order valence-electron chi connectivity index (χ4n) is 6.50. The Morgan fingerprint density at radius 3 is 2.66 bits per heavy atom. The highest BCUT2D eigenvalue weighted by Crippen LogP contribution is 2.55. The lowest BCUT2D eigenvalue weighted by atomic mass is 9.58. The molecular formula is C29H29FN2O3. The Labute approximate surface area is 204 Å². The van der Waals surface area contributed by atoms with Gasteiger partial charge in [0.2, 0.25) is 5.78 Å². The number of benzene rings is 1. The summed E-state index contributed by atoms with van der Waals surface area (Å²) in [6, 6.07) is 13.7. The number of rotatable bonds is 4. The second-order valence-electron chi connectivity index (χ2n) is 10.1. The van der Waals surface area contributed by atoms with Crippen molar-refractivity contribution < 1.29 is 18.7 Å². The quantitative estimate of drug-likeness (QED) is 0.488. The molecule has 1 saturated heterocycles. The SMILES string of the molecule is O=C(c1ccc(F)cc1)c1cc2c(cn1)[C@]1(Cc3ccccn3)CCC3(C[C@H]1CCC2)OCCO3. The monoisotopic (exact) mass is 472 g/mol. The zero-order chi connectivity index (χ0) is 23.9. The molecule has 1 aliphatic heterocycles. The van der Waals surface area contributed by atoms with E-state index in [2.05, 4.69) is 16.0 Å². The van der Waals surface area contributed by atoms with Crippen LogP contribution in [0.4, 0.5) is 4.39 Å². The average Bonchev–Trinajstić information content (AvgIpc) is 3.28. The third-order valence-corrected chi connectivity index (χ3v) is 8.19. The van der Waals surface area contributed by atoms with Crippen LogP contribution in [0.25, 0.3) is 0 Å². The van der Waals surface area contributed by atoms with E-state index in [0.717, 1.165) is 50.6 Å². The number of hydrogen-bond donors (Lipinski definition) is 0. The number of aryl methyl sites for hydroxylation is 1. The molecule has 0 unspecified atom stereocenters. The molecule has 3 aliphatic rings. The van der Waals surface area contributed by atoms with E-state index < -0.39 is 5.79 Å². The van der Waals surface area contributed by atoms with Gasteiger partial charge in [-0.2, -0.15) is 0 Å². The molecule has 1 aromatic carbocycles. The third-order valence-electron chi connectivity index (χ3n) is 8.19. The molecule has 180 valence electrons. The molecule has 3 heterocycles. The molecule has 5 nitrogen and oxygen atoms in total. The van der Waals surface area contributed by atoms with Gasteiger partial charge in [0.25, 0.3) is 0 Å². The largest absolute Gasteiger partial charge is 0.348 e. The molecule has 0 N–H and O–H groups in total. The Bertz CT molecular complexity index is 1220. The summed E-state index contributed by atoms with van der Waals surface area (Å²) in [5, 5.41) is 0. The van der Waals surface area contributed by atoms with E-state index >= 15 is 0 Å². The molecule has 6 rings (SSSR count). The molecular weight excluding hydrogens is 443 g/mol. The minimum atomic E-state index is -0.464. The van der Waals surface area contributed by atoms with Gasteiger partial charge in [-0.25, -0.2) is 4.39 Å². The molecule has 1 saturated carbocycles. The van der Waals surface area contributed by atoms with Crippen LogP contribution < -0.4 is 0 Å². The first kappa shape index (κ1) is 22.5. The molecule has 0 radical (unpaired) electrons. The Morgan fingerprint density at radius 1 is 1.06 bits per heavy atom. The van der Waals surface area contributed by atoms with Crippen LogP contribution in [0.1, 0.15) is 65.0 Å². The van der Waals surface area contributed by atoms with Crippen LogP contribution in [0.3, 0.4) is 0 Å². The van der Waals surface area contributed by atoms with Crippen molar-refractivity contribution in [3.63, 3.8) is 0 Å². The average molecular weight is 473 g/mol. The molecule has 1 spiro atoms. The number of hydrogen-bond acceptors (Lipinski definition) is 5. The summed E-state index contributed by atoms with van der Waals surface area (Å²) in [5.74, 6) is -0.626. The van der Waals surface area contributed by atoms with Crippen LogP contribution >= 0.6 is 0 Å². The number of nitrogens with zero attached hydrogens (tertiary/aromatic N) is 2. The van der Waals surface area contributed by atoms with Gasteiger partial charge in [-0.1, -0.05) is 6.07 Å². The summed E-state index contributed by atoms with van der Waals surface area (Å²) >= 11 is 0. The highest BCUT2D eigenvalue weighted by Gasteiger charge is 2.54. The van der Waals surface area contributed by atoms with Gasteiger partial charge in [0.1, 0.15) is 11.5 Å². The van der Waals surface area contributed by atoms with Crippen molar-refractivity contribution in [1.82, 2.24) is 9.97 Å². The van der Waals surface area contributed by atoms with Crippen molar-refractivity contribution in [2.45, 2.75) is 56.1 Å². The molecule has 0 bridgehead atoms. The smallest absolute Gasteiger partial charge is 0.211 e. The number of fused-ring (bicyclic) bond motifs is 3. The van der Waals surface area contributed by atoms with Crippen LogP contribution in [0.5, 0.6) is 0 Å². The maximum Gasteiger partial charge on any atom is 0.211 e. The van der Waals surface area contributed by atoms with Crippen LogP contribution in [0.15, 0.2) is 60.9 Å². The van der Waals surface area contributed by atoms with E-state index in [1.807, 2.05) is 30.6 Å². The van der Waals surface area contributed by atoms with E-state index in [-0.39, 0.29) is 17.0 Å². The van der Waals surface area contributed by atoms with E-state index in [1.54, 1.807) is 0 Å². The summed E-state index contributed by atoms with van der Waals surface area (Å²) in [7, 11) is 0. The lowest BCUT2D eigenvalue weighted by Gasteiger charge is -2.49. The number of pyridine rings is 2. The van der Waals surface area contributed by atoms with E-state index in [4.69, 9.17) is 9.47 Å². The zero-order valence-corrected chi connectivity index (χ0v) is 19.7. The fourth-order valence-corrected chi connectivity index (χ4v) is 6.50. The highest BCUT2D eigenvalue weighted by atomic mass is 19.1. The van der Waals surface area contributed by atoms with Gasteiger partial charge in [0.15, 0.2) is 5.79 Å². The first-order valence-corrected chi connectivity index (χ1v) is 12.5. The van der Waals surface area contributed by atoms with Crippen molar-refractivity contribution in [2.24, 2.45) is 5.92 Å². The van der Waals surface area contributed by atoms with Crippen LogP contribution in [0, 0.1) is 11.7 Å².